The van der Waals surface area contributed by atoms with Crippen LogP contribution in [0, 0.1) is 5.82 Å². The van der Waals surface area contributed by atoms with Gasteiger partial charge < -0.3 is 15.2 Å². The van der Waals surface area contributed by atoms with Gasteiger partial charge in [0, 0.05) is 31.2 Å². The molecule has 0 aliphatic carbocycles. The molecule has 1 heterocycles. The molecule has 1 aliphatic rings. The molecule has 0 aromatic heterocycles. The van der Waals surface area contributed by atoms with Crippen LogP contribution >= 0.6 is 0 Å². The van der Waals surface area contributed by atoms with Gasteiger partial charge in [0.25, 0.3) is 0 Å². The van der Waals surface area contributed by atoms with Crippen molar-refractivity contribution in [1.82, 2.24) is 10.2 Å². The number of nitrogens with zero attached hydrogens (tertiary/aromatic N) is 1. The number of likely N-dealkylation sites (tertiary alicyclic amines) is 1. The monoisotopic (exact) mass is 358 g/mol. The first kappa shape index (κ1) is 18.8. The summed E-state index contributed by atoms with van der Waals surface area (Å²) >= 11 is 0. The lowest BCUT2D eigenvalue weighted by Crippen LogP contribution is -2.45. The Morgan fingerprint density at radius 3 is 2.73 bits per heavy atom. The van der Waals surface area contributed by atoms with Crippen LogP contribution in [0.2, 0.25) is 0 Å². The van der Waals surface area contributed by atoms with Gasteiger partial charge in [-0.1, -0.05) is 30.3 Å². The summed E-state index contributed by atoms with van der Waals surface area (Å²) < 4.78 is 19.2. The van der Waals surface area contributed by atoms with Crippen LogP contribution in [0.25, 0.3) is 0 Å². The van der Waals surface area contributed by atoms with Crippen molar-refractivity contribution in [2.45, 2.75) is 32.0 Å². The van der Waals surface area contributed by atoms with Gasteiger partial charge in [0.05, 0.1) is 6.61 Å². The van der Waals surface area contributed by atoms with Crippen LogP contribution < -0.4 is 10.1 Å². The molecule has 4 nitrogen and oxygen atoms in total. The second-order valence-electron chi connectivity index (χ2n) is 6.76. The van der Waals surface area contributed by atoms with Gasteiger partial charge in [-0.05, 0) is 43.1 Å². The fraction of sp³-hybridized carbons (Fsp3) is 0.429. The largest absolute Gasteiger partial charge is 0.491 e. The van der Waals surface area contributed by atoms with Crippen molar-refractivity contribution < 1.29 is 14.2 Å². The molecule has 2 aromatic carbocycles. The molecule has 26 heavy (non-hydrogen) atoms. The maximum Gasteiger partial charge on any atom is 0.127 e. The van der Waals surface area contributed by atoms with Gasteiger partial charge in [0.1, 0.15) is 18.2 Å². The SMILES string of the molecule is OCCOc1ccc(CNC2CCCN(Cc3ccccc3F)C2)cc1. The van der Waals surface area contributed by atoms with Crippen molar-refractivity contribution in [2.75, 3.05) is 26.3 Å². The van der Waals surface area contributed by atoms with Crippen LogP contribution in [0.4, 0.5) is 4.39 Å². The van der Waals surface area contributed by atoms with Crippen LogP contribution in [0.15, 0.2) is 48.5 Å². The van der Waals surface area contributed by atoms with Crippen LogP contribution in [0.3, 0.4) is 0 Å². The maximum atomic E-state index is 13.9. The second-order valence-corrected chi connectivity index (χ2v) is 6.76. The zero-order valence-electron chi connectivity index (χ0n) is 15.0. The molecule has 1 fully saturated rings. The molecule has 0 saturated carbocycles. The van der Waals surface area contributed by atoms with Gasteiger partial charge in [0.2, 0.25) is 0 Å². The first-order valence-electron chi connectivity index (χ1n) is 9.26. The number of piperidine rings is 1. The Morgan fingerprint density at radius 1 is 1.15 bits per heavy atom. The third-order valence-electron chi connectivity index (χ3n) is 4.74. The Bertz CT molecular complexity index is 678. The zero-order valence-corrected chi connectivity index (χ0v) is 15.0. The number of rotatable bonds is 8. The van der Waals surface area contributed by atoms with E-state index in [1.807, 2.05) is 36.4 Å². The first-order chi connectivity index (χ1) is 12.7. The van der Waals surface area contributed by atoms with Gasteiger partial charge in [-0.15, -0.1) is 0 Å². The van der Waals surface area contributed by atoms with E-state index in [0.717, 1.165) is 43.8 Å². The van der Waals surface area contributed by atoms with Crippen LogP contribution in [0.1, 0.15) is 24.0 Å². The van der Waals surface area contributed by atoms with Crippen LogP contribution in [0.5, 0.6) is 5.75 Å². The lowest BCUT2D eigenvalue weighted by molar-refractivity contribution is 0.181. The van der Waals surface area contributed by atoms with Crippen molar-refractivity contribution in [2.24, 2.45) is 0 Å². The van der Waals surface area contributed by atoms with E-state index in [1.54, 1.807) is 6.07 Å². The number of hydrogen-bond donors (Lipinski definition) is 2. The lowest BCUT2D eigenvalue weighted by atomic mass is 10.0. The molecule has 0 amide bonds. The minimum atomic E-state index is -0.119. The predicted molar refractivity (Wildman–Crippen MR) is 101 cm³/mol. The highest BCUT2D eigenvalue weighted by Gasteiger charge is 2.20. The first-order valence-corrected chi connectivity index (χ1v) is 9.26. The highest BCUT2D eigenvalue weighted by atomic mass is 19.1. The van der Waals surface area contributed by atoms with Gasteiger partial charge in [-0.2, -0.15) is 0 Å². The minimum absolute atomic E-state index is 0.0222. The zero-order chi connectivity index (χ0) is 18.2. The number of benzene rings is 2. The third-order valence-corrected chi connectivity index (χ3v) is 4.74. The molecule has 1 unspecified atom stereocenters. The molecule has 3 rings (SSSR count). The Kier molecular flexibility index (Phi) is 7.00. The summed E-state index contributed by atoms with van der Waals surface area (Å²) in [6.07, 6.45) is 2.27. The van der Waals surface area contributed by atoms with Crippen molar-refractivity contribution in [3.05, 3.63) is 65.5 Å². The molecular formula is C21H27FN2O2. The number of aliphatic hydroxyl groups excluding tert-OH is 1. The molecule has 1 aliphatic heterocycles. The average molecular weight is 358 g/mol. The van der Waals surface area contributed by atoms with E-state index < -0.39 is 0 Å². The van der Waals surface area contributed by atoms with Gasteiger partial charge in [-0.3, -0.25) is 4.90 Å². The number of nitrogens with one attached hydrogen (secondary N) is 1. The van der Waals surface area contributed by atoms with E-state index in [9.17, 15) is 4.39 Å². The summed E-state index contributed by atoms with van der Waals surface area (Å²) in [6.45, 7) is 3.77. The molecule has 140 valence electrons. The number of ether oxygens (including phenoxy) is 1. The Labute approximate surface area is 154 Å². The second kappa shape index (κ2) is 9.67. The van der Waals surface area contributed by atoms with Crippen LogP contribution in [-0.2, 0) is 13.1 Å². The van der Waals surface area contributed by atoms with Crippen LogP contribution in [-0.4, -0.2) is 42.4 Å². The molecule has 0 radical (unpaired) electrons. The molecule has 2 N–H and O–H groups in total. The van der Waals surface area contributed by atoms with Gasteiger partial charge in [0.15, 0.2) is 0 Å². The Balaban J connectivity index is 1.47. The summed E-state index contributed by atoms with van der Waals surface area (Å²) in [5.74, 6) is 0.655. The lowest BCUT2D eigenvalue weighted by Gasteiger charge is -2.33. The van der Waals surface area contributed by atoms with Crippen molar-refractivity contribution in [3.63, 3.8) is 0 Å². The van der Waals surface area contributed by atoms with E-state index in [4.69, 9.17) is 9.84 Å². The fourth-order valence-electron chi connectivity index (χ4n) is 3.36. The molecule has 1 saturated heterocycles. The molecule has 0 spiro atoms. The summed E-state index contributed by atoms with van der Waals surface area (Å²) in [6, 6.07) is 15.4. The van der Waals surface area contributed by atoms with Crippen molar-refractivity contribution in [3.8, 4) is 5.75 Å². The number of hydrogen-bond acceptors (Lipinski definition) is 4. The third kappa shape index (κ3) is 5.53. The number of aliphatic hydroxyl groups is 1. The Hall–Kier alpha value is -1.95. The van der Waals surface area contributed by atoms with E-state index in [2.05, 4.69) is 10.2 Å². The van der Waals surface area contributed by atoms with Crippen molar-refractivity contribution >= 4 is 0 Å². The maximum absolute atomic E-state index is 13.9. The van der Waals surface area contributed by atoms with E-state index in [0.29, 0.717) is 19.2 Å². The van der Waals surface area contributed by atoms with Gasteiger partial charge >= 0.3 is 0 Å². The standard InChI is InChI=1S/C21H27FN2O2/c22-21-6-2-1-4-18(21)15-24-11-3-5-19(16-24)23-14-17-7-9-20(10-8-17)26-13-12-25/h1-2,4,6-10,19,23,25H,3,5,11-16H2. The minimum Gasteiger partial charge on any atom is -0.491 e. The quantitative estimate of drug-likeness (QED) is 0.762. The molecule has 0 bridgehead atoms. The molecule has 1 atom stereocenters. The summed E-state index contributed by atoms with van der Waals surface area (Å²) in [5, 5.41) is 12.4. The summed E-state index contributed by atoms with van der Waals surface area (Å²) in [5.41, 5.74) is 1.97. The molecule has 5 heteroatoms. The van der Waals surface area contributed by atoms with Gasteiger partial charge in [-0.25, -0.2) is 4.39 Å². The van der Waals surface area contributed by atoms with E-state index in [-0.39, 0.29) is 12.4 Å². The van der Waals surface area contributed by atoms with E-state index >= 15 is 0 Å². The molecular weight excluding hydrogens is 331 g/mol. The fourth-order valence-corrected chi connectivity index (χ4v) is 3.36. The van der Waals surface area contributed by atoms with E-state index in [1.165, 1.54) is 11.6 Å². The highest BCUT2D eigenvalue weighted by molar-refractivity contribution is 5.27. The summed E-state index contributed by atoms with van der Waals surface area (Å²) in [4.78, 5) is 2.32. The predicted octanol–water partition coefficient (Wildman–Crippen LogP) is 2.95. The Morgan fingerprint density at radius 2 is 1.96 bits per heavy atom. The molecule has 2 aromatic rings. The topological polar surface area (TPSA) is 44.7 Å². The smallest absolute Gasteiger partial charge is 0.127 e. The normalized spacial score (nSPS) is 18.0. The van der Waals surface area contributed by atoms with Crippen molar-refractivity contribution in [1.29, 1.82) is 0 Å². The summed E-state index contributed by atoms with van der Waals surface area (Å²) in [7, 11) is 0. The number of halogens is 1. The highest BCUT2D eigenvalue weighted by Crippen LogP contribution is 2.17. The average Bonchev–Trinajstić information content (AvgIpc) is 2.68.